The molecule has 4 N–H and O–H groups in total. The number of nitrogens with zero attached hydrogens (tertiary/aromatic N) is 1. The van der Waals surface area contributed by atoms with Gasteiger partial charge in [-0.15, -0.1) is 0 Å². The molecule has 1 heterocycles. The molecule has 0 amide bonds. The number of ketones is 2. The maximum Gasteiger partial charge on any atom is 0.167 e. The monoisotopic (exact) mass is 520 g/mol. The normalized spacial score (nSPS) is 19.8. The van der Waals surface area contributed by atoms with Gasteiger partial charge in [-0.25, -0.2) is 4.39 Å². The summed E-state index contributed by atoms with van der Waals surface area (Å²) in [7, 11) is 0. The number of nitrogens with two attached hydrogens (primary N) is 1. The zero-order chi connectivity index (χ0) is 27.2. The van der Waals surface area contributed by atoms with Crippen LogP contribution in [-0.2, 0) is 4.74 Å². The molecular weight excluding hydrogens is 487 g/mol. The number of halogens is 1. The number of carbonyl (C=O) groups is 2. The second-order valence-corrected chi connectivity index (χ2v) is 9.68. The average Bonchev–Trinajstić information content (AvgIpc) is 2.91. The number of phenolic OH excluding ortho intramolecular Hbond substituents is 2. The number of benzene rings is 3. The summed E-state index contributed by atoms with van der Waals surface area (Å²) in [5.41, 5.74) is 7.16. The molecule has 1 aliphatic rings. The molecule has 0 aromatic heterocycles. The lowest BCUT2D eigenvalue weighted by atomic mass is 9.68. The fourth-order valence-corrected chi connectivity index (χ4v) is 5.36. The number of hydrogen-bond acceptors (Lipinski definition) is 7. The third-order valence-corrected chi connectivity index (χ3v) is 7.19. The van der Waals surface area contributed by atoms with Crippen LogP contribution >= 0.6 is 0 Å². The largest absolute Gasteiger partial charge is 0.508 e. The summed E-state index contributed by atoms with van der Waals surface area (Å²) in [4.78, 5) is 30.0. The van der Waals surface area contributed by atoms with Crippen LogP contribution < -0.4 is 5.73 Å². The first-order valence-corrected chi connectivity index (χ1v) is 12.7. The summed E-state index contributed by atoms with van der Waals surface area (Å²) in [6, 6.07) is 17.0. The first-order chi connectivity index (χ1) is 18.3. The molecule has 4 rings (SSSR count). The van der Waals surface area contributed by atoms with Gasteiger partial charge in [0.15, 0.2) is 11.6 Å². The topological polar surface area (TPSA) is 113 Å². The number of piperidine rings is 1. The van der Waals surface area contributed by atoms with Gasteiger partial charge in [0.25, 0.3) is 0 Å². The van der Waals surface area contributed by atoms with Crippen LogP contribution in [0.4, 0.5) is 4.39 Å². The molecule has 1 saturated heterocycles. The van der Waals surface area contributed by atoms with E-state index in [2.05, 4.69) is 0 Å². The highest BCUT2D eigenvalue weighted by Gasteiger charge is 2.45. The number of phenols is 2. The molecule has 2 atom stereocenters. The third-order valence-electron chi connectivity index (χ3n) is 7.19. The van der Waals surface area contributed by atoms with E-state index in [-0.39, 0.29) is 23.1 Å². The number of aromatic hydroxyl groups is 2. The number of ether oxygens (including phenoxy) is 1. The summed E-state index contributed by atoms with van der Waals surface area (Å²) < 4.78 is 20.4. The van der Waals surface area contributed by atoms with Crippen molar-refractivity contribution in [2.45, 2.75) is 12.8 Å². The summed E-state index contributed by atoms with van der Waals surface area (Å²) in [6.07, 6.45) is 0. The van der Waals surface area contributed by atoms with Crippen LogP contribution in [0.1, 0.15) is 37.8 Å². The predicted molar refractivity (Wildman–Crippen MR) is 142 cm³/mol. The van der Waals surface area contributed by atoms with Crippen molar-refractivity contribution in [3.63, 3.8) is 0 Å². The van der Waals surface area contributed by atoms with E-state index >= 15 is 0 Å². The SMILES string of the molecule is Cc1c(F)cccc1C1C(C(=O)c2cccc(O)c2)CN(CCOCCN)CC1C(=O)c1cccc(O)c1. The van der Waals surface area contributed by atoms with E-state index in [0.29, 0.717) is 61.6 Å². The molecule has 0 spiro atoms. The Labute approximate surface area is 221 Å². The van der Waals surface area contributed by atoms with Gasteiger partial charge >= 0.3 is 0 Å². The Bertz CT molecular complexity index is 1230. The zero-order valence-electron chi connectivity index (χ0n) is 21.3. The van der Waals surface area contributed by atoms with E-state index in [0.717, 1.165) is 0 Å². The summed E-state index contributed by atoms with van der Waals surface area (Å²) in [6.45, 7) is 3.94. The molecule has 1 aliphatic heterocycles. The molecule has 3 aromatic carbocycles. The predicted octanol–water partition coefficient (Wildman–Crippen LogP) is 3.92. The lowest BCUT2D eigenvalue weighted by Gasteiger charge is -2.43. The highest BCUT2D eigenvalue weighted by molar-refractivity contribution is 6.02. The van der Waals surface area contributed by atoms with Crippen molar-refractivity contribution in [2.75, 3.05) is 39.4 Å². The number of rotatable bonds is 10. The van der Waals surface area contributed by atoms with E-state index in [1.807, 2.05) is 4.90 Å². The molecule has 0 aliphatic carbocycles. The second kappa shape index (κ2) is 12.3. The van der Waals surface area contributed by atoms with Gasteiger partial charge in [0.05, 0.1) is 13.2 Å². The van der Waals surface area contributed by atoms with Gasteiger partial charge in [-0.2, -0.15) is 0 Å². The molecule has 0 saturated carbocycles. The van der Waals surface area contributed by atoms with Crippen molar-refractivity contribution in [3.8, 4) is 11.5 Å². The number of carbonyl (C=O) groups excluding carboxylic acids is 2. The van der Waals surface area contributed by atoms with Gasteiger partial charge in [0.2, 0.25) is 0 Å². The van der Waals surface area contributed by atoms with Crippen LogP contribution in [0.25, 0.3) is 0 Å². The maximum atomic E-state index is 14.8. The second-order valence-electron chi connectivity index (χ2n) is 9.68. The number of hydrogen-bond donors (Lipinski definition) is 3. The van der Waals surface area contributed by atoms with E-state index < -0.39 is 23.6 Å². The quantitative estimate of drug-likeness (QED) is 0.274. The first kappa shape index (κ1) is 27.4. The Balaban J connectivity index is 1.81. The Morgan fingerprint density at radius 3 is 2.00 bits per heavy atom. The lowest BCUT2D eigenvalue weighted by molar-refractivity contribution is 0.0450. The first-order valence-electron chi connectivity index (χ1n) is 12.7. The Kier molecular flexibility index (Phi) is 8.89. The van der Waals surface area contributed by atoms with Crippen LogP contribution in [0.3, 0.4) is 0 Å². The maximum absolute atomic E-state index is 14.8. The molecule has 8 heteroatoms. The minimum atomic E-state index is -0.702. The lowest BCUT2D eigenvalue weighted by Crippen LogP contribution is -2.51. The van der Waals surface area contributed by atoms with Crippen LogP contribution in [0.15, 0.2) is 66.7 Å². The standard InChI is InChI=1S/C30H33FN2O5/c1-19-24(9-4-10-27(19)31)28-25(29(36)20-5-2-7-22(34)15-20)17-33(12-14-38-13-11-32)18-26(28)30(37)21-6-3-8-23(35)16-21/h2-10,15-16,25-26,28,34-35H,11-14,17-18,32H2,1H3. The van der Waals surface area contributed by atoms with Crippen LogP contribution in [0.2, 0.25) is 0 Å². The average molecular weight is 521 g/mol. The van der Waals surface area contributed by atoms with Gasteiger partial charge in [-0.3, -0.25) is 14.5 Å². The number of Topliss-reactive ketones (excluding diaryl/α,β-unsaturated/α-hetero) is 2. The third kappa shape index (κ3) is 6.10. The number of likely N-dealkylation sites (tertiary alicyclic amines) is 1. The Morgan fingerprint density at radius 1 is 0.921 bits per heavy atom. The fourth-order valence-electron chi connectivity index (χ4n) is 5.36. The minimum Gasteiger partial charge on any atom is -0.508 e. The smallest absolute Gasteiger partial charge is 0.167 e. The molecule has 38 heavy (non-hydrogen) atoms. The van der Waals surface area contributed by atoms with Crippen molar-refractivity contribution < 1.29 is 28.9 Å². The van der Waals surface area contributed by atoms with E-state index in [1.165, 1.54) is 30.3 Å². The van der Waals surface area contributed by atoms with Crippen molar-refractivity contribution in [3.05, 3.63) is 94.8 Å². The van der Waals surface area contributed by atoms with Crippen LogP contribution in [-0.4, -0.2) is 66.1 Å². The van der Waals surface area contributed by atoms with Gasteiger partial charge in [-0.05, 0) is 48.4 Å². The van der Waals surface area contributed by atoms with Gasteiger partial charge in [-0.1, -0.05) is 36.4 Å². The molecule has 0 radical (unpaired) electrons. The van der Waals surface area contributed by atoms with E-state index in [9.17, 15) is 24.2 Å². The molecule has 3 aromatic rings. The van der Waals surface area contributed by atoms with Crippen molar-refractivity contribution >= 4 is 11.6 Å². The highest BCUT2D eigenvalue weighted by Crippen LogP contribution is 2.42. The molecule has 7 nitrogen and oxygen atoms in total. The van der Waals surface area contributed by atoms with Crippen molar-refractivity contribution in [1.29, 1.82) is 0 Å². The van der Waals surface area contributed by atoms with Crippen LogP contribution in [0, 0.1) is 24.6 Å². The van der Waals surface area contributed by atoms with Crippen molar-refractivity contribution in [1.82, 2.24) is 4.90 Å². The van der Waals surface area contributed by atoms with Gasteiger partial charge in [0.1, 0.15) is 17.3 Å². The molecule has 200 valence electrons. The summed E-state index contributed by atoms with van der Waals surface area (Å²) in [5, 5.41) is 20.1. The summed E-state index contributed by atoms with van der Waals surface area (Å²) >= 11 is 0. The molecule has 2 unspecified atom stereocenters. The van der Waals surface area contributed by atoms with Crippen molar-refractivity contribution in [2.24, 2.45) is 17.6 Å². The van der Waals surface area contributed by atoms with Crippen LogP contribution in [0.5, 0.6) is 11.5 Å². The van der Waals surface area contributed by atoms with E-state index in [1.54, 1.807) is 43.3 Å². The Morgan fingerprint density at radius 2 is 1.47 bits per heavy atom. The molecule has 0 bridgehead atoms. The minimum absolute atomic E-state index is 0.0374. The zero-order valence-corrected chi connectivity index (χ0v) is 21.3. The van der Waals surface area contributed by atoms with Gasteiger partial charge < -0.3 is 20.7 Å². The molecular formula is C30H33FN2O5. The highest BCUT2D eigenvalue weighted by atomic mass is 19.1. The fraction of sp³-hybridized carbons (Fsp3) is 0.333. The summed E-state index contributed by atoms with van der Waals surface area (Å²) in [5.74, 6) is -3.00. The van der Waals surface area contributed by atoms with E-state index in [4.69, 9.17) is 10.5 Å². The van der Waals surface area contributed by atoms with Gasteiger partial charge in [0, 0.05) is 55.1 Å². The molecule has 1 fully saturated rings. The Hall–Kier alpha value is -3.59.